The van der Waals surface area contributed by atoms with Crippen molar-refractivity contribution in [3.05, 3.63) is 62.9 Å². The molecule has 9 heteroatoms. The average molecular weight is 411 g/mol. The van der Waals surface area contributed by atoms with E-state index in [4.69, 9.17) is 27.6 Å². The van der Waals surface area contributed by atoms with Crippen LogP contribution in [0.15, 0.2) is 46.1 Å². The van der Waals surface area contributed by atoms with Gasteiger partial charge >= 0.3 is 0 Å². The van der Waals surface area contributed by atoms with E-state index in [-0.39, 0.29) is 23.9 Å². The molecule has 2 heterocycles. The summed E-state index contributed by atoms with van der Waals surface area (Å²) < 4.78 is 4.83. The molecule has 1 fully saturated rings. The van der Waals surface area contributed by atoms with Gasteiger partial charge in [0.1, 0.15) is 6.26 Å². The van der Waals surface area contributed by atoms with Gasteiger partial charge in [-0.25, -0.2) is 0 Å². The van der Waals surface area contributed by atoms with Crippen molar-refractivity contribution in [2.75, 3.05) is 13.1 Å². The number of hydrogen-bond acceptors (Lipinski definition) is 5. The molecule has 3 rings (SSSR count). The van der Waals surface area contributed by atoms with Gasteiger partial charge in [-0.15, -0.1) is 0 Å². The number of imide groups is 1. The minimum Gasteiger partial charge on any atom is -0.472 e. The number of halogens is 2. The van der Waals surface area contributed by atoms with Crippen molar-refractivity contribution in [3.8, 4) is 0 Å². The van der Waals surface area contributed by atoms with Crippen LogP contribution < -0.4 is 5.32 Å². The Balaban J connectivity index is 1.63. The first-order chi connectivity index (χ1) is 12.5. The smallest absolute Gasteiger partial charge is 0.293 e. The van der Waals surface area contributed by atoms with Crippen LogP contribution in [0.4, 0.5) is 4.79 Å². The summed E-state index contributed by atoms with van der Waals surface area (Å²) in [5, 5.41) is 3.09. The third kappa shape index (κ3) is 4.12. The number of nitrogens with one attached hydrogen (secondary N) is 1. The van der Waals surface area contributed by atoms with E-state index in [0.29, 0.717) is 21.2 Å². The number of hydrogen-bond donors (Lipinski definition) is 1. The lowest BCUT2D eigenvalue weighted by Gasteiger charge is -2.12. The van der Waals surface area contributed by atoms with E-state index in [1.54, 1.807) is 24.3 Å². The van der Waals surface area contributed by atoms with Gasteiger partial charge in [0, 0.05) is 23.1 Å². The van der Waals surface area contributed by atoms with Crippen LogP contribution in [0.5, 0.6) is 0 Å². The zero-order valence-electron chi connectivity index (χ0n) is 13.2. The Morgan fingerprint density at radius 1 is 1.27 bits per heavy atom. The van der Waals surface area contributed by atoms with Gasteiger partial charge in [-0.1, -0.05) is 29.3 Å². The first kappa shape index (κ1) is 18.6. The molecule has 0 aliphatic carbocycles. The van der Waals surface area contributed by atoms with Crippen molar-refractivity contribution in [3.63, 3.8) is 0 Å². The molecule has 1 aliphatic rings. The van der Waals surface area contributed by atoms with Crippen LogP contribution in [0.3, 0.4) is 0 Å². The molecule has 2 aromatic rings. The maximum atomic E-state index is 12.4. The van der Waals surface area contributed by atoms with Crippen molar-refractivity contribution in [1.82, 2.24) is 10.2 Å². The molecule has 6 nitrogen and oxygen atoms in total. The Hall–Kier alpha value is -2.22. The number of nitrogens with zero attached hydrogens (tertiary/aromatic N) is 1. The molecule has 0 atom stereocenters. The summed E-state index contributed by atoms with van der Waals surface area (Å²) in [6, 6.07) is 6.40. The Morgan fingerprint density at radius 2 is 2.08 bits per heavy atom. The number of benzene rings is 1. The van der Waals surface area contributed by atoms with Crippen molar-refractivity contribution in [2.24, 2.45) is 0 Å². The Kier molecular flexibility index (Phi) is 5.70. The van der Waals surface area contributed by atoms with Crippen molar-refractivity contribution in [2.45, 2.75) is 0 Å². The minimum atomic E-state index is -0.427. The predicted molar refractivity (Wildman–Crippen MR) is 100 cm³/mol. The largest absolute Gasteiger partial charge is 0.472 e. The number of amides is 3. The molecular formula is C17H12Cl2N2O4S. The summed E-state index contributed by atoms with van der Waals surface area (Å²) in [5.74, 6) is -0.766. The highest BCUT2D eigenvalue weighted by Crippen LogP contribution is 2.33. The molecule has 26 heavy (non-hydrogen) atoms. The topological polar surface area (TPSA) is 79.6 Å². The number of furan rings is 1. The quantitative estimate of drug-likeness (QED) is 0.751. The fourth-order valence-electron chi connectivity index (χ4n) is 2.23. The molecule has 0 radical (unpaired) electrons. The lowest BCUT2D eigenvalue weighted by molar-refractivity contribution is -0.122. The van der Waals surface area contributed by atoms with Gasteiger partial charge in [-0.05, 0) is 41.6 Å². The normalized spacial score (nSPS) is 15.8. The number of carbonyl (C=O) groups is 3. The van der Waals surface area contributed by atoms with Gasteiger partial charge in [-0.2, -0.15) is 0 Å². The zero-order valence-corrected chi connectivity index (χ0v) is 15.5. The van der Waals surface area contributed by atoms with Crippen molar-refractivity contribution in [1.29, 1.82) is 0 Å². The van der Waals surface area contributed by atoms with Crippen molar-refractivity contribution < 1.29 is 18.8 Å². The second-order valence-corrected chi connectivity index (χ2v) is 7.10. The van der Waals surface area contributed by atoms with E-state index in [2.05, 4.69) is 5.32 Å². The van der Waals surface area contributed by atoms with Crippen LogP contribution >= 0.6 is 35.0 Å². The standard InChI is InChI=1S/C17H12Cl2N2O4S/c18-12-2-1-10(13(19)8-12)7-14-16(23)21(17(24)26-14)5-4-20-15(22)11-3-6-25-9-11/h1-3,6-9H,4-5H2,(H,20,22)/b14-7-. The second kappa shape index (κ2) is 7.99. The lowest BCUT2D eigenvalue weighted by Crippen LogP contribution is -2.37. The van der Waals surface area contributed by atoms with E-state index in [9.17, 15) is 14.4 Å². The van der Waals surface area contributed by atoms with Gasteiger partial charge < -0.3 is 9.73 Å². The molecule has 1 aromatic heterocycles. The second-order valence-electron chi connectivity index (χ2n) is 5.27. The molecule has 1 N–H and O–H groups in total. The van der Waals surface area contributed by atoms with Gasteiger partial charge in [0.05, 0.1) is 16.7 Å². The Labute approximate surface area is 163 Å². The molecule has 0 bridgehead atoms. The maximum Gasteiger partial charge on any atom is 0.293 e. The van der Waals surface area contributed by atoms with Gasteiger partial charge in [-0.3, -0.25) is 19.3 Å². The summed E-state index contributed by atoms with van der Waals surface area (Å²) in [5.41, 5.74) is 0.964. The van der Waals surface area contributed by atoms with E-state index >= 15 is 0 Å². The zero-order chi connectivity index (χ0) is 18.7. The first-order valence-electron chi connectivity index (χ1n) is 7.46. The average Bonchev–Trinajstić information content (AvgIpc) is 3.21. The minimum absolute atomic E-state index is 0.0694. The summed E-state index contributed by atoms with van der Waals surface area (Å²) >= 11 is 12.8. The monoisotopic (exact) mass is 410 g/mol. The molecule has 0 saturated carbocycles. The highest BCUT2D eigenvalue weighted by molar-refractivity contribution is 8.18. The van der Waals surface area contributed by atoms with Crippen LogP contribution in [0.25, 0.3) is 6.08 Å². The van der Waals surface area contributed by atoms with Gasteiger partial charge in [0.15, 0.2) is 0 Å². The summed E-state index contributed by atoms with van der Waals surface area (Å²) in [6.45, 7) is 0.205. The highest BCUT2D eigenvalue weighted by Gasteiger charge is 2.34. The van der Waals surface area contributed by atoms with Crippen molar-refractivity contribution >= 4 is 58.1 Å². The number of rotatable bonds is 5. The van der Waals surface area contributed by atoms with Crippen LogP contribution in [-0.4, -0.2) is 35.0 Å². The van der Waals surface area contributed by atoms with Gasteiger partial charge in [0.2, 0.25) is 0 Å². The van der Waals surface area contributed by atoms with E-state index in [1.165, 1.54) is 18.6 Å². The Morgan fingerprint density at radius 3 is 2.77 bits per heavy atom. The van der Waals surface area contributed by atoms with E-state index in [0.717, 1.165) is 16.7 Å². The molecular weight excluding hydrogens is 399 g/mol. The number of carbonyl (C=O) groups excluding carboxylic acids is 3. The summed E-state index contributed by atoms with van der Waals surface area (Å²) in [4.78, 5) is 37.7. The fourth-order valence-corrected chi connectivity index (χ4v) is 3.55. The van der Waals surface area contributed by atoms with E-state index in [1.807, 2.05) is 0 Å². The molecule has 1 aliphatic heterocycles. The van der Waals surface area contributed by atoms with Gasteiger partial charge in [0.25, 0.3) is 17.1 Å². The number of thioether (sulfide) groups is 1. The van der Waals surface area contributed by atoms with E-state index < -0.39 is 11.1 Å². The molecule has 0 unspecified atom stereocenters. The fraction of sp³-hybridized carbons (Fsp3) is 0.118. The Bertz CT molecular complexity index is 896. The van der Waals surface area contributed by atoms with Crippen LogP contribution in [-0.2, 0) is 4.79 Å². The summed E-state index contributed by atoms with van der Waals surface area (Å²) in [7, 11) is 0. The summed E-state index contributed by atoms with van der Waals surface area (Å²) in [6.07, 6.45) is 4.25. The highest BCUT2D eigenvalue weighted by atomic mass is 35.5. The molecule has 3 amide bonds. The lowest BCUT2D eigenvalue weighted by atomic mass is 10.2. The van der Waals surface area contributed by atoms with Crippen LogP contribution in [0.2, 0.25) is 10.0 Å². The molecule has 1 aromatic carbocycles. The predicted octanol–water partition coefficient (Wildman–Crippen LogP) is 4.05. The molecule has 1 saturated heterocycles. The first-order valence-corrected chi connectivity index (χ1v) is 9.04. The SMILES string of the molecule is O=C(NCCN1C(=O)S/C(=C\c2ccc(Cl)cc2Cl)C1=O)c1ccoc1. The van der Waals surface area contributed by atoms with Crippen LogP contribution in [0, 0.1) is 0 Å². The molecule has 134 valence electrons. The third-order valence-electron chi connectivity index (χ3n) is 3.53. The molecule has 0 spiro atoms. The van der Waals surface area contributed by atoms with Crippen LogP contribution in [0.1, 0.15) is 15.9 Å². The third-order valence-corrected chi connectivity index (χ3v) is 5.00. The maximum absolute atomic E-state index is 12.4.